The first kappa shape index (κ1) is 17.6. The van der Waals surface area contributed by atoms with Gasteiger partial charge in [-0.15, -0.1) is 0 Å². The van der Waals surface area contributed by atoms with Crippen molar-refractivity contribution in [3.05, 3.63) is 58.1 Å². The highest BCUT2D eigenvalue weighted by Gasteiger charge is 2.14. The number of anilines is 2. The Hall–Kier alpha value is -1.76. The summed E-state index contributed by atoms with van der Waals surface area (Å²) in [5, 5.41) is 3.30. The summed E-state index contributed by atoms with van der Waals surface area (Å²) in [7, 11) is -1.91. The number of hydrogen-bond acceptors (Lipinski definition) is 3. The van der Waals surface area contributed by atoms with Crippen LogP contribution in [0.25, 0.3) is 0 Å². The van der Waals surface area contributed by atoms with Crippen LogP contribution >= 0.6 is 23.2 Å². The molecule has 0 aliphatic rings. The fourth-order valence-electron chi connectivity index (χ4n) is 1.82. The smallest absolute Gasteiger partial charge is 0.255 e. The van der Waals surface area contributed by atoms with Gasteiger partial charge >= 0.3 is 0 Å². The van der Waals surface area contributed by atoms with Crippen molar-refractivity contribution in [1.29, 1.82) is 0 Å². The molecule has 0 atom stereocenters. The number of benzene rings is 2. The second-order valence-corrected chi connectivity index (χ2v) is 7.66. The van der Waals surface area contributed by atoms with Crippen LogP contribution in [0.4, 0.5) is 11.4 Å². The minimum absolute atomic E-state index is 0.332. The predicted molar refractivity (Wildman–Crippen MR) is 94.1 cm³/mol. The highest BCUT2D eigenvalue weighted by atomic mass is 35.5. The van der Waals surface area contributed by atoms with Gasteiger partial charge in [-0.2, -0.15) is 0 Å². The van der Waals surface area contributed by atoms with Crippen LogP contribution < -0.4 is 9.62 Å². The van der Waals surface area contributed by atoms with Gasteiger partial charge in [-0.05, 0) is 36.4 Å². The Morgan fingerprint density at radius 1 is 1.04 bits per heavy atom. The lowest BCUT2D eigenvalue weighted by Crippen LogP contribution is -2.24. The number of halogens is 2. The van der Waals surface area contributed by atoms with E-state index in [1.54, 1.807) is 30.3 Å². The lowest BCUT2D eigenvalue weighted by molar-refractivity contribution is 0.102. The number of nitrogens with zero attached hydrogens (tertiary/aromatic N) is 1. The van der Waals surface area contributed by atoms with Crippen LogP contribution in [0, 0.1) is 0 Å². The van der Waals surface area contributed by atoms with Crippen LogP contribution in [0.2, 0.25) is 10.0 Å². The number of carbonyl (C=O) groups excluding carboxylic acids is 1. The molecule has 0 bridgehead atoms. The molecule has 8 heteroatoms. The highest BCUT2D eigenvalue weighted by molar-refractivity contribution is 7.92. The number of hydrogen-bond donors (Lipinski definition) is 1. The van der Waals surface area contributed by atoms with Gasteiger partial charge in [0.15, 0.2) is 0 Å². The summed E-state index contributed by atoms with van der Waals surface area (Å²) in [5.41, 5.74) is 1.14. The summed E-state index contributed by atoms with van der Waals surface area (Å²) in [4.78, 5) is 12.2. The van der Waals surface area contributed by atoms with E-state index in [-0.39, 0.29) is 0 Å². The minimum Gasteiger partial charge on any atom is -0.319 e. The van der Waals surface area contributed by atoms with E-state index in [1.165, 1.54) is 19.2 Å². The molecule has 0 heterocycles. The molecule has 2 rings (SSSR count). The lowest BCUT2D eigenvalue weighted by atomic mass is 10.2. The molecule has 0 fully saturated rings. The number of amides is 1. The molecule has 2 aromatic carbocycles. The van der Waals surface area contributed by atoms with Gasteiger partial charge in [0.1, 0.15) is 0 Å². The first-order valence-corrected chi connectivity index (χ1v) is 9.10. The second-order valence-electron chi connectivity index (χ2n) is 4.83. The van der Waals surface area contributed by atoms with Crippen molar-refractivity contribution in [3.63, 3.8) is 0 Å². The number of sulfonamides is 1. The van der Waals surface area contributed by atoms with Gasteiger partial charge < -0.3 is 5.32 Å². The normalized spacial score (nSPS) is 11.1. The average molecular weight is 373 g/mol. The maximum absolute atomic E-state index is 12.2. The van der Waals surface area contributed by atoms with Gasteiger partial charge in [-0.3, -0.25) is 9.10 Å². The van der Waals surface area contributed by atoms with Gasteiger partial charge in [0.05, 0.1) is 27.7 Å². The fraction of sp³-hybridized carbons (Fsp3) is 0.133. The molecule has 0 radical (unpaired) electrons. The van der Waals surface area contributed by atoms with Crippen LogP contribution in [-0.4, -0.2) is 27.6 Å². The quantitative estimate of drug-likeness (QED) is 0.890. The Kier molecular flexibility index (Phi) is 5.19. The molecule has 5 nitrogen and oxygen atoms in total. The molecule has 0 saturated carbocycles. The van der Waals surface area contributed by atoms with E-state index in [0.29, 0.717) is 27.0 Å². The molecule has 0 aliphatic carbocycles. The molecule has 2 aromatic rings. The van der Waals surface area contributed by atoms with Gasteiger partial charge in [0.2, 0.25) is 10.0 Å². The first-order chi connectivity index (χ1) is 10.7. The molecule has 1 N–H and O–H groups in total. The van der Waals surface area contributed by atoms with Crippen molar-refractivity contribution in [1.82, 2.24) is 0 Å². The van der Waals surface area contributed by atoms with Crippen molar-refractivity contribution in [2.24, 2.45) is 0 Å². The second kappa shape index (κ2) is 6.78. The molecular formula is C15H14Cl2N2O3S. The summed E-state index contributed by atoms with van der Waals surface area (Å²) in [6, 6.07) is 11.1. The number of para-hydroxylation sites is 1. The first-order valence-electron chi connectivity index (χ1n) is 6.49. The summed E-state index contributed by atoms with van der Waals surface area (Å²) >= 11 is 12.0. The average Bonchev–Trinajstić information content (AvgIpc) is 2.49. The summed E-state index contributed by atoms with van der Waals surface area (Å²) < 4.78 is 24.1. The maximum Gasteiger partial charge on any atom is 0.255 e. The Bertz CT molecular complexity index is 816. The zero-order valence-corrected chi connectivity index (χ0v) is 14.7. The summed E-state index contributed by atoms with van der Waals surface area (Å²) in [5.74, 6) is -0.395. The third kappa shape index (κ3) is 4.16. The van der Waals surface area contributed by atoms with E-state index in [1.807, 2.05) is 0 Å². The molecule has 0 aromatic heterocycles. The van der Waals surface area contributed by atoms with E-state index < -0.39 is 15.9 Å². The molecule has 1 amide bonds. The van der Waals surface area contributed by atoms with Crippen molar-refractivity contribution < 1.29 is 13.2 Å². The molecule has 122 valence electrons. The van der Waals surface area contributed by atoms with Gasteiger partial charge in [-0.25, -0.2) is 8.42 Å². The Labute approximate surface area is 144 Å². The Balaban J connectivity index is 2.21. The van der Waals surface area contributed by atoms with Crippen LogP contribution in [0.1, 0.15) is 10.4 Å². The molecule has 0 aliphatic heterocycles. The molecule has 0 spiro atoms. The molecular weight excluding hydrogens is 359 g/mol. The summed E-state index contributed by atoms with van der Waals surface area (Å²) in [6.07, 6.45) is 1.10. The highest BCUT2D eigenvalue weighted by Crippen LogP contribution is 2.30. The van der Waals surface area contributed by atoms with Gasteiger partial charge in [0, 0.05) is 12.6 Å². The van der Waals surface area contributed by atoms with Gasteiger partial charge in [0.25, 0.3) is 5.91 Å². The molecule has 0 saturated heterocycles. The molecule has 23 heavy (non-hydrogen) atoms. The standard InChI is InChI=1S/C15H14Cl2N2O3S/c1-19(23(2,21)22)11-8-6-10(7-9-11)15(20)18-14-12(16)4-3-5-13(14)17/h3-9H,1-2H3,(H,18,20). The maximum atomic E-state index is 12.2. The third-order valence-corrected chi connectivity index (χ3v) is 5.03. The predicted octanol–water partition coefficient (Wildman–Crippen LogP) is 3.64. The zero-order valence-electron chi connectivity index (χ0n) is 12.4. The zero-order chi connectivity index (χ0) is 17.2. The monoisotopic (exact) mass is 372 g/mol. The van der Waals surface area contributed by atoms with E-state index in [9.17, 15) is 13.2 Å². The van der Waals surface area contributed by atoms with Crippen LogP contribution in [-0.2, 0) is 10.0 Å². The van der Waals surface area contributed by atoms with E-state index in [0.717, 1.165) is 10.6 Å². The van der Waals surface area contributed by atoms with E-state index in [4.69, 9.17) is 23.2 Å². The Morgan fingerprint density at radius 2 is 1.57 bits per heavy atom. The number of nitrogens with one attached hydrogen (secondary N) is 1. The fourth-order valence-corrected chi connectivity index (χ4v) is 2.81. The minimum atomic E-state index is -3.35. The van der Waals surface area contributed by atoms with Gasteiger partial charge in [-0.1, -0.05) is 29.3 Å². The van der Waals surface area contributed by atoms with Crippen LogP contribution in [0.5, 0.6) is 0 Å². The van der Waals surface area contributed by atoms with Crippen molar-refractivity contribution in [3.8, 4) is 0 Å². The number of rotatable bonds is 4. The number of carbonyl (C=O) groups is 1. The SMILES string of the molecule is CN(c1ccc(C(=O)Nc2c(Cl)cccc2Cl)cc1)S(C)(=O)=O. The Morgan fingerprint density at radius 3 is 2.04 bits per heavy atom. The largest absolute Gasteiger partial charge is 0.319 e. The van der Waals surface area contributed by atoms with Crippen molar-refractivity contribution >= 4 is 50.5 Å². The third-order valence-electron chi connectivity index (χ3n) is 3.19. The van der Waals surface area contributed by atoms with Crippen molar-refractivity contribution in [2.75, 3.05) is 22.9 Å². The van der Waals surface area contributed by atoms with Crippen molar-refractivity contribution in [2.45, 2.75) is 0 Å². The van der Waals surface area contributed by atoms with Crippen LogP contribution in [0.15, 0.2) is 42.5 Å². The topological polar surface area (TPSA) is 66.5 Å². The molecule has 0 unspecified atom stereocenters. The van der Waals surface area contributed by atoms with Crippen LogP contribution in [0.3, 0.4) is 0 Å². The lowest BCUT2D eigenvalue weighted by Gasteiger charge is -2.16. The summed E-state index contributed by atoms with van der Waals surface area (Å²) in [6.45, 7) is 0. The van der Waals surface area contributed by atoms with E-state index in [2.05, 4.69) is 5.32 Å². The van der Waals surface area contributed by atoms with E-state index >= 15 is 0 Å².